The van der Waals surface area contributed by atoms with Crippen molar-refractivity contribution in [3.63, 3.8) is 0 Å². The number of aromatic carboxylic acids is 1. The molecule has 0 aromatic carbocycles. The van der Waals surface area contributed by atoms with E-state index in [9.17, 15) is 15.0 Å². The Hall–Kier alpha value is -2.08. The van der Waals surface area contributed by atoms with Gasteiger partial charge in [-0.15, -0.1) is 0 Å². The van der Waals surface area contributed by atoms with Crippen LogP contribution in [0.1, 0.15) is 56.1 Å². The highest BCUT2D eigenvalue weighted by atomic mass is 16.5. The van der Waals surface area contributed by atoms with Crippen molar-refractivity contribution >= 4 is 11.5 Å². The predicted molar refractivity (Wildman–Crippen MR) is 82.7 cm³/mol. The first-order chi connectivity index (χ1) is 10.2. The van der Waals surface area contributed by atoms with Gasteiger partial charge in [0.2, 0.25) is 0 Å². The molecular weight excluding hydrogens is 284 g/mol. The van der Waals surface area contributed by atoms with E-state index in [2.05, 4.69) is 5.10 Å². The number of nitrogens with zero attached hydrogens (tertiary/aromatic N) is 2. The van der Waals surface area contributed by atoms with Gasteiger partial charge in [0.15, 0.2) is 0 Å². The van der Waals surface area contributed by atoms with E-state index in [4.69, 9.17) is 4.74 Å². The van der Waals surface area contributed by atoms with Crippen LogP contribution >= 0.6 is 0 Å². The first kappa shape index (κ1) is 16.3. The van der Waals surface area contributed by atoms with Gasteiger partial charge in [-0.1, -0.05) is 13.8 Å². The molecule has 0 fully saturated rings. The van der Waals surface area contributed by atoms with Crippen molar-refractivity contribution < 1.29 is 19.7 Å². The molecule has 2 N–H and O–H groups in total. The highest BCUT2D eigenvalue weighted by Crippen LogP contribution is 2.31. The fourth-order valence-electron chi connectivity index (χ4n) is 2.24. The summed E-state index contributed by atoms with van der Waals surface area (Å²) in [5.74, 6) is -0.249. The van der Waals surface area contributed by atoms with Crippen LogP contribution < -0.4 is 4.74 Å². The number of pyridine rings is 1. The molecule has 2 rings (SSSR count). The number of rotatable bonds is 6. The van der Waals surface area contributed by atoms with E-state index in [1.807, 2.05) is 13.8 Å². The molecule has 2 aromatic heterocycles. The number of aromatic nitrogens is 2. The molecule has 0 aliphatic rings. The lowest BCUT2D eigenvalue weighted by molar-refractivity contribution is 0.0278. The van der Waals surface area contributed by atoms with Crippen molar-refractivity contribution in [2.24, 2.45) is 0 Å². The molecule has 0 aliphatic heterocycles. The summed E-state index contributed by atoms with van der Waals surface area (Å²) in [5.41, 5.74) is 0.576. The summed E-state index contributed by atoms with van der Waals surface area (Å²) in [7, 11) is 0. The summed E-state index contributed by atoms with van der Waals surface area (Å²) in [4.78, 5) is 11.3. The maximum atomic E-state index is 11.3. The molecule has 2 heterocycles. The van der Waals surface area contributed by atoms with Crippen LogP contribution in [0.4, 0.5) is 0 Å². The maximum absolute atomic E-state index is 11.3. The normalized spacial score (nSPS) is 13.3. The molecule has 1 unspecified atom stereocenters. The summed E-state index contributed by atoms with van der Waals surface area (Å²) in [6.07, 6.45) is 2.21. The van der Waals surface area contributed by atoms with Crippen LogP contribution in [-0.2, 0) is 0 Å². The Labute approximate surface area is 129 Å². The summed E-state index contributed by atoms with van der Waals surface area (Å²) >= 11 is 0. The molecule has 0 bridgehead atoms. The Kier molecular flexibility index (Phi) is 4.42. The van der Waals surface area contributed by atoms with E-state index in [-0.39, 0.29) is 18.1 Å². The van der Waals surface area contributed by atoms with E-state index in [1.165, 1.54) is 6.20 Å². The van der Waals surface area contributed by atoms with Crippen LogP contribution in [0.25, 0.3) is 5.52 Å². The van der Waals surface area contributed by atoms with Crippen LogP contribution in [-0.4, -0.2) is 38.0 Å². The van der Waals surface area contributed by atoms with Gasteiger partial charge in [-0.05, 0) is 32.4 Å². The minimum absolute atomic E-state index is 0.141. The molecule has 120 valence electrons. The van der Waals surface area contributed by atoms with Gasteiger partial charge in [0.05, 0.1) is 23.0 Å². The number of hydrogen-bond donors (Lipinski definition) is 2. The van der Waals surface area contributed by atoms with E-state index < -0.39 is 11.6 Å². The smallest absolute Gasteiger partial charge is 0.339 e. The van der Waals surface area contributed by atoms with E-state index >= 15 is 0 Å². The Morgan fingerprint density at radius 1 is 1.45 bits per heavy atom. The highest BCUT2D eigenvalue weighted by molar-refractivity contribution is 5.95. The summed E-state index contributed by atoms with van der Waals surface area (Å²) in [6.45, 7) is 7.57. The predicted octanol–water partition coefficient (Wildman–Crippen LogP) is 2.70. The SMILES string of the molecule is CCC(C)c1c(OCC(C)(C)O)ccc2c(C(=O)O)cnn12. The van der Waals surface area contributed by atoms with Crippen molar-refractivity contribution in [3.8, 4) is 5.75 Å². The van der Waals surface area contributed by atoms with Crippen LogP contribution in [0.3, 0.4) is 0 Å². The maximum Gasteiger partial charge on any atom is 0.339 e. The number of aliphatic hydroxyl groups is 1. The average Bonchev–Trinajstić information content (AvgIpc) is 2.86. The lowest BCUT2D eigenvalue weighted by Gasteiger charge is -2.21. The Morgan fingerprint density at radius 2 is 2.14 bits per heavy atom. The van der Waals surface area contributed by atoms with Crippen LogP contribution in [0.15, 0.2) is 18.3 Å². The second kappa shape index (κ2) is 5.96. The van der Waals surface area contributed by atoms with Crippen LogP contribution in [0, 0.1) is 0 Å². The largest absolute Gasteiger partial charge is 0.489 e. The first-order valence-electron chi connectivity index (χ1n) is 7.33. The second-order valence-electron chi connectivity index (χ2n) is 6.15. The topological polar surface area (TPSA) is 84.1 Å². The number of carboxylic acids is 1. The van der Waals surface area contributed by atoms with Crippen LogP contribution in [0.5, 0.6) is 5.75 Å². The number of hydrogen-bond acceptors (Lipinski definition) is 4. The zero-order chi connectivity index (χ0) is 16.5. The molecule has 0 saturated carbocycles. The summed E-state index contributed by atoms with van der Waals surface area (Å²) < 4.78 is 7.37. The molecule has 0 amide bonds. The van der Waals surface area contributed by atoms with Gasteiger partial charge in [-0.2, -0.15) is 5.10 Å². The van der Waals surface area contributed by atoms with E-state index in [0.29, 0.717) is 11.3 Å². The lowest BCUT2D eigenvalue weighted by Crippen LogP contribution is -2.28. The first-order valence-corrected chi connectivity index (χ1v) is 7.33. The average molecular weight is 306 g/mol. The fourth-order valence-corrected chi connectivity index (χ4v) is 2.24. The van der Waals surface area contributed by atoms with Crippen molar-refractivity contribution in [2.45, 2.75) is 45.6 Å². The Bertz CT molecular complexity index is 685. The van der Waals surface area contributed by atoms with Crippen molar-refractivity contribution in [2.75, 3.05) is 6.61 Å². The third kappa shape index (κ3) is 3.22. The third-order valence-electron chi connectivity index (χ3n) is 3.57. The minimum atomic E-state index is -1.00. The van der Waals surface area contributed by atoms with Gasteiger partial charge in [-0.3, -0.25) is 0 Å². The monoisotopic (exact) mass is 306 g/mol. The fraction of sp³-hybridized carbons (Fsp3) is 0.500. The lowest BCUT2D eigenvalue weighted by atomic mass is 10.0. The van der Waals surface area contributed by atoms with Gasteiger partial charge in [0.25, 0.3) is 0 Å². The zero-order valence-corrected chi connectivity index (χ0v) is 13.3. The highest BCUT2D eigenvalue weighted by Gasteiger charge is 2.21. The molecule has 2 aromatic rings. The number of carbonyl (C=O) groups is 1. The standard InChI is InChI=1S/C16H22N2O4/c1-5-10(2)14-13(22-9-16(3,4)21)7-6-12-11(15(19)20)8-17-18(12)14/h6-8,10,21H,5,9H2,1-4H3,(H,19,20). The van der Waals surface area contributed by atoms with Gasteiger partial charge in [-0.25, -0.2) is 9.31 Å². The third-order valence-corrected chi connectivity index (χ3v) is 3.57. The van der Waals surface area contributed by atoms with Gasteiger partial charge in [0, 0.05) is 5.92 Å². The minimum Gasteiger partial charge on any atom is -0.489 e. The second-order valence-corrected chi connectivity index (χ2v) is 6.15. The number of ether oxygens (including phenoxy) is 1. The molecule has 0 saturated heterocycles. The Balaban J connectivity index is 2.55. The molecule has 6 nitrogen and oxygen atoms in total. The molecule has 1 atom stereocenters. The molecular formula is C16H22N2O4. The van der Waals surface area contributed by atoms with Crippen molar-refractivity contribution in [1.29, 1.82) is 0 Å². The Morgan fingerprint density at radius 3 is 2.68 bits per heavy atom. The van der Waals surface area contributed by atoms with Crippen molar-refractivity contribution in [3.05, 3.63) is 29.6 Å². The van der Waals surface area contributed by atoms with Crippen molar-refractivity contribution in [1.82, 2.24) is 9.61 Å². The zero-order valence-electron chi connectivity index (χ0n) is 13.3. The molecule has 0 radical (unpaired) electrons. The number of carboxylic acid groups (broad SMARTS) is 1. The molecule has 6 heteroatoms. The quantitative estimate of drug-likeness (QED) is 0.857. The van der Waals surface area contributed by atoms with Crippen LogP contribution in [0.2, 0.25) is 0 Å². The van der Waals surface area contributed by atoms with E-state index in [0.717, 1.165) is 12.1 Å². The molecule has 0 spiro atoms. The van der Waals surface area contributed by atoms with Gasteiger partial charge >= 0.3 is 5.97 Å². The molecule has 22 heavy (non-hydrogen) atoms. The number of fused-ring (bicyclic) bond motifs is 1. The van der Waals surface area contributed by atoms with E-state index in [1.54, 1.807) is 30.5 Å². The van der Waals surface area contributed by atoms with Gasteiger partial charge in [0.1, 0.15) is 17.9 Å². The molecule has 0 aliphatic carbocycles. The van der Waals surface area contributed by atoms with Gasteiger partial charge < -0.3 is 14.9 Å². The summed E-state index contributed by atoms with van der Waals surface area (Å²) in [6, 6.07) is 3.43. The summed E-state index contributed by atoms with van der Waals surface area (Å²) in [5, 5.41) is 23.3.